The topological polar surface area (TPSA) is 32.3 Å². The molecule has 5 heteroatoms. The third-order valence-corrected chi connectivity index (χ3v) is 3.55. The van der Waals surface area contributed by atoms with Crippen LogP contribution in [0.2, 0.25) is 0 Å². The van der Waals surface area contributed by atoms with E-state index >= 15 is 0 Å². The quantitative estimate of drug-likeness (QED) is 0.886. The zero-order chi connectivity index (χ0) is 16.8. The number of hydrogen-bond acceptors (Lipinski definition) is 2. The van der Waals surface area contributed by atoms with Crippen LogP contribution in [0, 0.1) is 11.6 Å². The molecule has 0 aromatic heterocycles. The lowest BCUT2D eigenvalue weighted by Crippen LogP contribution is -2.36. The molecule has 3 nitrogen and oxygen atoms in total. The Bertz CT molecular complexity index is 661. The summed E-state index contributed by atoms with van der Waals surface area (Å²) in [7, 11) is 1.72. The Morgan fingerprint density at radius 3 is 2.52 bits per heavy atom. The lowest BCUT2D eigenvalue weighted by molar-refractivity contribution is -0.122. The Morgan fingerprint density at radius 1 is 1.17 bits per heavy atom. The number of rotatable bonds is 6. The Kier molecular flexibility index (Phi) is 5.82. The molecule has 1 amide bonds. The van der Waals surface area contributed by atoms with E-state index in [-0.39, 0.29) is 25.0 Å². The molecule has 0 heterocycles. The van der Waals surface area contributed by atoms with Crippen molar-refractivity contribution in [3.8, 4) is 0 Å². The second-order valence-electron chi connectivity index (χ2n) is 5.61. The van der Waals surface area contributed by atoms with Crippen LogP contribution < -0.4 is 5.32 Å². The van der Waals surface area contributed by atoms with Crippen molar-refractivity contribution in [3.63, 3.8) is 0 Å². The van der Waals surface area contributed by atoms with E-state index in [9.17, 15) is 13.6 Å². The van der Waals surface area contributed by atoms with E-state index in [4.69, 9.17) is 0 Å². The third-order valence-electron chi connectivity index (χ3n) is 3.55. The summed E-state index contributed by atoms with van der Waals surface area (Å²) in [5, 5.41) is 2.90. The van der Waals surface area contributed by atoms with Crippen LogP contribution in [0.3, 0.4) is 0 Å². The highest BCUT2D eigenvalue weighted by molar-refractivity contribution is 5.78. The Hall–Kier alpha value is -2.27. The number of halogens is 2. The van der Waals surface area contributed by atoms with Crippen molar-refractivity contribution in [3.05, 3.63) is 71.3 Å². The fourth-order valence-electron chi connectivity index (χ4n) is 2.35. The molecular formula is C18H20F2N2O. The second-order valence-corrected chi connectivity index (χ2v) is 5.61. The van der Waals surface area contributed by atoms with Gasteiger partial charge in [-0.2, -0.15) is 0 Å². The lowest BCUT2D eigenvalue weighted by atomic mass is 10.1. The first kappa shape index (κ1) is 17.1. The molecule has 0 aliphatic rings. The molecule has 0 fully saturated rings. The number of nitrogens with one attached hydrogen (secondary N) is 1. The van der Waals surface area contributed by atoms with Gasteiger partial charge in [-0.05, 0) is 25.6 Å². The summed E-state index contributed by atoms with van der Waals surface area (Å²) >= 11 is 0. The molecule has 1 unspecified atom stereocenters. The van der Waals surface area contributed by atoms with Crippen LogP contribution in [0.5, 0.6) is 0 Å². The molecule has 0 aliphatic heterocycles. The van der Waals surface area contributed by atoms with Gasteiger partial charge >= 0.3 is 0 Å². The highest BCUT2D eigenvalue weighted by Crippen LogP contribution is 2.13. The van der Waals surface area contributed by atoms with Crippen molar-refractivity contribution in [1.82, 2.24) is 10.2 Å². The van der Waals surface area contributed by atoms with E-state index in [2.05, 4.69) is 5.32 Å². The molecule has 2 aromatic carbocycles. The monoisotopic (exact) mass is 318 g/mol. The van der Waals surface area contributed by atoms with Crippen LogP contribution in [-0.2, 0) is 11.3 Å². The molecule has 2 aromatic rings. The Labute approximate surface area is 134 Å². The number of benzene rings is 2. The van der Waals surface area contributed by atoms with Crippen LogP contribution in [0.1, 0.15) is 24.1 Å². The number of amides is 1. The van der Waals surface area contributed by atoms with E-state index in [1.807, 2.05) is 37.3 Å². The summed E-state index contributed by atoms with van der Waals surface area (Å²) in [6.45, 7) is 2.28. The Balaban J connectivity index is 1.87. The Morgan fingerprint density at radius 2 is 1.87 bits per heavy atom. The zero-order valence-electron chi connectivity index (χ0n) is 13.2. The van der Waals surface area contributed by atoms with Crippen LogP contribution in [-0.4, -0.2) is 24.4 Å². The maximum Gasteiger partial charge on any atom is 0.234 e. The SMILES string of the molecule is CC(NC(=O)CN(C)Cc1ccc(F)cc1F)c1ccccc1. The standard InChI is InChI=1S/C18H20F2N2O/c1-13(14-6-4-3-5-7-14)21-18(23)12-22(2)11-15-8-9-16(19)10-17(15)20/h3-10,13H,11-12H2,1-2H3,(H,21,23). The van der Waals surface area contributed by atoms with Crippen molar-refractivity contribution >= 4 is 5.91 Å². The van der Waals surface area contributed by atoms with Gasteiger partial charge in [0.1, 0.15) is 11.6 Å². The van der Waals surface area contributed by atoms with E-state index in [0.717, 1.165) is 11.6 Å². The summed E-state index contributed by atoms with van der Waals surface area (Å²) < 4.78 is 26.5. The normalized spacial score (nSPS) is 12.2. The van der Waals surface area contributed by atoms with Gasteiger partial charge in [-0.3, -0.25) is 9.69 Å². The largest absolute Gasteiger partial charge is 0.348 e. The van der Waals surface area contributed by atoms with E-state index in [1.54, 1.807) is 11.9 Å². The minimum atomic E-state index is -0.608. The predicted molar refractivity (Wildman–Crippen MR) is 85.7 cm³/mol. The van der Waals surface area contributed by atoms with Gasteiger partial charge in [0.15, 0.2) is 0 Å². The molecular weight excluding hydrogens is 298 g/mol. The average Bonchev–Trinajstić information content (AvgIpc) is 2.50. The van der Waals surface area contributed by atoms with Gasteiger partial charge in [0.25, 0.3) is 0 Å². The summed E-state index contributed by atoms with van der Waals surface area (Å²) in [5.74, 6) is -1.36. The highest BCUT2D eigenvalue weighted by Gasteiger charge is 2.13. The highest BCUT2D eigenvalue weighted by atomic mass is 19.1. The van der Waals surface area contributed by atoms with Gasteiger partial charge in [0, 0.05) is 18.2 Å². The van der Waals surface area contributed by atoms with E-state index in [1.165, 1.54) is 12.1 Å². The molecule has 1 N–H and O–H groups in total. The molecule has 0 saturated heterocycles. The van der Waals surface area contributed by atoms with Gasteiger partial charge in [0.05, 0.1) is 12.6 Å². The molecule has 0 radical (unpaired) electrons. The summed E-state index contributed by atoms with van der Waals surface area (Å²) in [5.41, 5.74) is 1.38. The molecule has 122 valence electrons. The second kappa shape index (κ2) is 7.83. The van der Waals surface area contributed by atoms with Crippen LogP contribution in [0.15, 0.2) is 48.5 Å². The number of nitrogens with zero attached hydrogens (tertiary/aromatic N) is 1. The van der Waals surface area contributed by atoms with Crippen molar-refractivity contribution in [2.45, 2.75) is 19.5 Å². The summed E-state index contributed by atoms with van der Waals surface area (Å²) in [6.07, 6.45) is 0. The molecule has 0 spiro atoms. The van der Waals surface area contributed by atoms with Crippen LogP contribution >= 0.6 is 0 Å². The fraction of sp³-hybridized carbons (Fsp3) is 0.278. The van der Waals surface area contributed by atoms with Crippen molar-refractivity contribution in [2.24, 2.45) is 0 Å². The van der Waals surface area contributed by atoms with Crippen molar-refractivity contribution in [1.29, 1.82) is 0 Å². The first-order valence-corrected chi connectivity index (χ1v) is 7.42. The molecule has 23 heavy (non-hydrogen) atoms. The number of carbonyl (C=O) groups is 1. The van der Waals surface area contributed by atoms with Crippen molar-refractivity contribution in [2.75, 3.05) is 13.6 Å². The van der Waals surface area contributed by atoms with E-state index in [0.29, 0.717) is 5.56 Å². The minimum Gasteiger partial charge on any atom is -0.348 e. The van der Waals surface area contributed by atoms with Gasteiger partial charge in [0.2, 0.25) is 5.91 Å². The summed E-state index contributed by atoms with van der Waals surface area (Å²) in [4.78, 5) is 13.7. The van der Waals surface area contributed by atoms with Gasteiger partial charge in [-0.25, -0.2) is 8.78 Å². The minimum absolute atomic E-state index is 0.0975. The lowest BCUT2D eigenvalue weighted by Gasteiger charge is -2.19. The van der Waals surface area contributed by atoms with Crippen LogP contribution in [0.4, 0.5) is 8.78 Å². The number of hydrogen-bond donors (Lipinski definition) is 1. The average molecular weight is 318 g/mol. The smallest absolute Gasteiger partial charge is 0.234 e. The number of likely N-dealkylation sites (N-methyl/N-ethyl adjacent to an activating group) is 1. The maximum absolute atomic E-state index is 13.6. The molecule has 0 bridgehead atoms. The summed E-state index contributed by atoms with van der Waals surface area (Å²) in [6, 6.07) is 13.0. The first-order valence-electron chi connectivity index (χ1n) is 7.42. The fourth-order valence-corrected chi connectivity index (χ4v) is 2.35. The molecule has 0 saturated carbocycles. The van der Waals surface area contributed by atoms with Gasteiger partial charge in [-0.1, -0.05) is 36.4 Å². The molecule has 2 rings (SSSR count). The molecule has 1 atom stereocenters. The van der Waals surface area contributed by atoms with Gasteiger partial charge < -0.3 is 5.32 Å². The van der Waals surface area contributed by atoms with Gasteiger partial charge in [-0.15, -0.1) is 0 Å². The third kappa shape index (κ3) is 5.14. The van der Waals surface area contributed by atoms with E-state index < -0.39 is 11.6 Å². The maximum atomic E-state index is 13.6. The molecule has 0 aliphatic carbocycles. The predicted octanol–water partition coefficient (Wildman–Crippen LogP) is 3.27. The first-order chi connectivity index (χ1) is 11.0. The van der Waals surface area contributed by atoms with Crippen molar-refractivity contribution < 1.29 is 13.6 Å². The zero-order valence-corrected chi connectivity index (χ0v) is 13.2. The number of carbonyl (C=O) groups excluding carboxylic acids is 1. The van der Waals surface area contributed by atoms with Crippen LogP contribution in [0.25, 0.3) is 0 Å².